The van der Waals surface area contributed by atoms with Crippen LogP contribution in [0.1, 0.15) is 31.9 Å². The number of sulfonamides is 1. The Hall–Kier alpha value is -2.29. The smallest absolute Gasteiger partial charge is 0.244 e. The first-order valence-corrected chi connectivity index (χ1v) is 13.5. The highest BCUT2D eigenvalue weighted by atomic mass is 35.5. The first-order chi connectivity index (χ1) is 15.8. The highest BCUT2D eigenvalue weighted by Gasteiger charge is 2.30. The number of benzene rings is 2. The predicted molar refractivity (Wildman–Crippen MR) is 138 cm³/mol. The Kier molecular flexibility index (Phi) is 9.79. The van der Waals surface area contributed by atoms with E-state index in [1.54, 1.807) is 56.3 Å². The van der Waals surface area contributed by atoms with Gasteiger partial charge in [-0.25, -0.2) is 8.42 Å². The van der Waals surface area contributed by atoms with Gasteiger partial charge in [0.25, 0.3) is 0 Å². The molecule has 2 aromatic carbocycles. The molecule has 2 amide bonds. The molecule has 186 valence electrons. The van der Waals surface area contributed by atoms with E-state index in [1.165, 1.54) is 4.90 Å². The highest BCUT2D eigenvalue weighted by molar-refractivity contribution is 7.92. The van der Waals surface area contributed by atoms with Crippen molar-refractivity contribution in [2.75, 3.05) is 23.7 Å². The number of nitrogens with zero attached hydrogens (tertiary/aromatic N) is 2. The summed E-state index contributed by atoms with van der Waals surface area (Å²) in [4.78, 5) is 27.7. The minimum absolute atomic E-state index is 0.0104. The molecule has 0 unspecified atom stereocenters. The Labute approximate surface area is 212 Å². The van der Waals surface area contributed by atoms with Gasteiger partial charge in [0, 0.05) is 23.1 Å². The van der Waals surface area contributed by atoms with Gasteiger partial charge in [0.05, 0.1) is 11.9 Å². The zero-order chi connectivity index (χ0) is 25.6. The van der Waals surface area contributed by atoms with Crippen LogP contribution in [0.3, 0.4) is 0 Å². The fraction of sp³-hybridized carbons (Fsp3) is 0.417. The van der Waals surface area contributed by atoms with Gasteiger partial charge in [0.1, 0.15) is 12.6 Å². The summed E-state index contributed by atoms with van der Waals surface area (Å²) in [6.45, 7) is 7.31. The number of hydrogen-bond donors (Lipinski definition) is 1. The van der Waals surface area contributed by atoms with Gasteiger partial charge < -0.3 is 10.2 Å². The zero-order valence-corrected chi connectivity index (χ0v) is 22.3. The number of hydrogen-bond acceptors (Lipinski definition) is 4. The molecule has 1 N–H and O–H groups in total. The van der Waals surface area contributed by atoms with Crippen molar-refractivity contribution in [2.45, 2.75) is 40.3 Å². The molecule has 0 saturated heterocycles. The Morgan fingerprint density at radius 3 is 2.26 bits per heavy atom. The van der Waals surface area contributed by atoms with Crippen LogP contribution in [0.5, 0.6) is 0 Å². The molecule has 1 atom stereocenters. The van der Waals surface area contributed by atoms with E-state index in [4.69, 9.17) is 23.2 Å². The molecule has 0 aliphatic rings. The van der Waals surface area contributed by atoms with Crippen molar-refractivity contribution in [1.29, 1.82) is 0 Å². The molecule has 10 heteroatoms. The van der Waals surface area contributed by atoms with Crippen molar-refractivity contribution < 1.29 is 18.0 Å². The average Bonchev–Trinajstić information content (AvgIpc) is 2.74. The first-order valence-electron chi connectivity index (χ1n) is 10.9. The summed E-state index contributed by atoms with van der Waals surface area (Å²) >= 11 is 12.3. The number of rotatable bonds is 10. The summed E-state index contributed by atoms with van der Waals surface area (Å²) in [6.07, 6.45) is 1.05. The van der Waals surface area contributed by atoms with Crippen LogP contribution < -0.4 is 9.62 Å². The largest absolute Gasteiger partial charge is 0.354 e. The maximum atomic E-state index is 13.5. The summed E-state index contributed by atoms with van der Waals surface area (Å²) in [6, 6.07) is 10.9. The van der Waals surface area contributed by atoms with E-state index < -0.39 is 28.5 Å². The molecular formula is C24H31Cl2N3O4S. The van der Waals surface area contributed by atoms with E-state index >= 15 is 0 Å². The lowest BCUT2D eigenvalue weighted by Gasteiger charge is -2.32. The number of halogens is 2. The number of para-hydroxylation sites is 1. The van der Waals surface area contributed by atoms with Crippen LogP contribution in [0, 0.1) is 12.8 Å². The van der Waals surface area contributed by atoms with Crippen LogP contribution in [0.25, 0.3) is 0 Å². The number of carbonyl (C=O) groups excluding carboxylic acids is 2. The van der Waals surface area contributed by atoms with Gasteiger partial charge in [-0.1, -0.05) is 61.3 Å². The van der Waals surface area contributed by atoms with Crippen molar-refractivity contribution in [3.05, 3.63) is 63.6 Å². The Balaban J connectivity index is 2.41. The van der Waals surface area contributed by atoms with Crippen molar-refractivity contribution >= 4 is 50.7 Å². The normalized spacial score (nSPS) is 12.4. The second-order valence-electron chi connectivity index (χ2n) is 8.63. The van der Waals surface area contributed by atoms with Gasteiger partial charge in [-0.05, 0) is 49.1 Å². The van der Waals surface area contributed by atoms with Crippen molar-refractivity contribution in [1.82, 2.24) is 10.2 Å². The number of anilines is 1. The number of carbonyl (C=O) groups is 2. The number of amides is 2. The van der Waals surface area contributed by atoms with E-state index in [-0.39, 0.29) is 18.4 Å². The van der Waals surface area contributed by atoms with E-state index in [1.807, 2.05) is 13.8 Å². The van der Waals surface area contributed by atoms with Gasteiger partial charge in [-0.2, -0.15) is 0 Å². The first kappa shape index (κ1) is 28.0. The van der Waals surface area contributed by atoms with Gasteiger partial charge >= 0.3 is 0 Å². The fourth-order valence-corrected chi connectivity index (χ4v) is 4.68. The van der Waals surface area contributed by atoms with Crippen LogP contribution in [0.2, 0.25) is 10.0 Å². The molecule has 0 fully saturated rings. The standard InChI is InChI=1S/C24H31Cl2N3O4S/c1-16(2)13-27-24(31)18(4)28(14-19-10-11-20(25)12-21(19)26)23(30)15-29(34(5,32)33)22-9-7-6-8-17(22)3/h6-12,16,18H,13-15H2,1-5H3,(H,27,31)/t18-/m1/s1. The second-order valence-corrected chi connectivity index (χ2v) is 11.4. The fourth-order valence-electron chi connectivity index (χ4n) is 3.31. The van der Waals surface area contributed by atoms with E-state index in [0.29, 0.717) is 33.4 Å². The molecule has 0 saturated carbocycles. The van der Waals surface area contributed by atoms with Crippen LogP contribution in [-0.4, -0.2) is 50.5 Å². The number of aryl methyl sites for hydroxylation is 1. The SMILES string of the molecule is Cc1ccccc1N(CC(=O)N(Cc1ccc(Cl)cc1Cl)[C@H](C)C(=O)NCC(C)C)S(C)(=O)=O. The Bertz CT molecular complexity index is 1140. The molecule has 0 aliphatic carbocycles. The lowest BCUT2D eigenvalue weighted by Crippen LogP contribution is -2.51. The quantitative estimate of drug-likeness (QED) is 0.500. The molecule has 34 heavy (non-hydrogen) atoms. The maximum absolute atomic E-state index is 13.5. The topological polar surface area (TPSA) is 86.8 Å². The van der Waals surface area contributed by atoms with Crippen LogP contribution in [0.4, 0.5) is 5.69 Å². The number of nitrogens with one attached hydrogen (secondary N) is 1. The molecule has 0 radical (unpaired) electrons. The highest BCUT2D eigenvalue weighted by Crippen LogP contribution is 2.25. The molecule has 0 aromatic heterocycles. The Morgan fingerprint density at radius 1 is 1.06 bits per heavy atom. The molecular weight excluding hydrogens is 497 g/mol. The molecule has 7 nitrogen and oxygen atoms in total. The Morgan fingerprint density at radius 2 is 1.71 bits per heavy atom. The third-order valence-electron chi connectivity index (χ3n) is 5.27. The summed E-state index contributed by atoms with van der Waals surface area (Å²) in [5, 5.41) is 3.62. The van der Waals surface area contributed by atoms with Crippen LogP contribution in [0.15, 0.2) is 42.5 Å². The molecule has 2 rings (SSSR count). The van der Waals surface area contributed by atoms with Crippen molar-refractivity contribution in [2.24, 2.45) is 5.92 Å². The molecule has 0 spiro atoms. The third kappa shape index (κ3) is 7.61. The van der Waals surface area contributed by atoms with Gasteiger partial charge in [0.2, 0.25) is 21.8 Å². The lowest BCUT2D eigenvalue weighted by atomic mass is 10.1. The summed E-state index contributed by atoms with van der Waals surface area (Å²) in [7, 11) is -3.78. The van der Waals surface area contributed by atoms with Gasteiger partial charge in [-0.15, -0.1) is 0 Å². The minimum Gasteiger partial charge on any atom is -0.354 e. The maximum Gasteiger partial charge on any atom is 0.244 e. The zero-order valence-electron chi connectivity index (χ0n) is 20.0. The van der Waals surface area contributed by atoms with Crippen LogP contribution >= 0.6 is 23.2 Å². The second kappa shape index (κ2) is 11.9. The third-order valence-corrected chi connectivity index (χ3v) is 6.98. The van der Waals surface area contributed by atoms with Gasteiger partial charge in [0.15, 0.2) is 0 Å². The molecule has 0 aliphatic heterocycles. The molecule has 2 aromatic rings. The van der Waals surface area contributed by atoms with Crippen molar-refractivity contribution in [3.8, 4) is 0 Å². The van der Waals surface area contributed by atoms with E-state index in [2.05, 4.69) is 5.32 Å². The lowest BCUT2D eigenvalue weighted by molar-refractivity contribution is -0.139. The minimum atomic E-state index is -3.78. The average molecular weight is 529 g/mol. The van der Waals surface area contributed by atoms with E-state index in [0.717, 1.165) is 10.6 Å². The summed E-state index contributed by atoms with van der Waals surface area (Å²) < 4.78 is 26.3. The summed E-state index contributed by atoms with van der Waals surface area (Å²) in [5.41, 5.74) is 1.69. The monoisotopic (exact) mass is 527 g/mol. The van der Waals surface area contributed by atoms with E-state index in [9.17, 15) is 18.0 Å². The van der Waals surface area contributed by atoms with Crippen LogP contribution in [-0.2, 0) is 26.2 Å². The molecule has 0 bridgehead atoms. The van der Waals surface area contributed by atoms with Crippen molar-refractivity contribution in [3.63, 3.8) is 0 Å². The summed E-state index contributed by atoms with van der Waals surface area (Å²) in [5.74, 6) is -0.645. The molecule has 0 heterocycles. The van der Waals surface area contributed by atoms with Gasteiger partial charge in [-0.3, -0.25) is 13.9 Å². The predicted octanol–water partition coefficient (Wildman–Crippen LogP) is 4.26.